The Morgan fingerprint density at radius 3 is 1.35 bits per heavy atom. The Morgan fingerprint density at radius 2 is 0.903 bits per heavy atom. The summed E-state index contributed by atoms with van der Waals surface area (Å²) in [4.78, 5) is 204. The number of likely N-dealkylation sites (N-methyl/N-ethyl adjacent to an activating group) is 7. The molecule has 28 nitrogen and oxygen atoms in total. The van der Waals surface area contributed by atoms with Gasteiger partial charge in [0.05, 0.1) is 31.1 Å². The first-order chi connectivity index (χ1) is 47.9. The van der Waals surface area contributed by atoms with Crippen molar-refractivity contribution >= 4 is 76.8 Å². The van der Waals surface area contributed by atoms with E-state index >= 15 is 28.8 Å². The minimum Gasteiger partial charge on any atom is -0.391 e. The second kappa shape index (κ2) is 41.7. The number of aliphatic hydroxyl groups is 1. The molecule has 2 aliphatic heterocycles. The Bertz CT molecular complexity index is 2880. The molecule has 3 rings (SSSR count). The Morgan fingerprint density at radius 1 is 0.485 bits per heavy atom. The van der Waals surface area contributed by atoms with E-state index in [1.807, 2.05) is 83.1 Å². The van der Waals surface area contributed by atoms with E-state index in [1.165, 1.54) is 87.9 Å². The summed E-state index contributed by atoms with van der Waals surface area (Å²) in [7, 11) is 12.9. The van der Waals surface area contributed by atoms with E-state index in [0.717, 1.165) is 16.2 Å². The van der Waals surface area contributed by atoms with Crippen LogP contribution in [-0.2, 0) is 67.1 Å². The van der Waals surface area contributed by atoms with Crippen LogP contribution in [-0.4, -0.2) is 277 Å². The molecule has 0 spiro atoms. The van der Waals surface area contributed by atoms with Crippen molar-refractivity contribution < 1.29 is 72.2 Å². The second-order valence-corrected chi connectivity index (χ2v) is 32.5. The van der Waals surface area contributed by atoms with Crippen LogP contribution in [0.3, 0.4) is 0 Å². The summed E-state index contributed by atoms with van der Waals surface area (Å²) in [5.41, 5.74) is 0. The van der Waals surface area contributed by atoms with Crippen molar-refractivity contribution in [3.63, 3.8) is 0 Å². The molecule has 2 heterocycles. The number of nitrogens with zero attached hydrogens (tertiary/aromatic N) is 8. The van der Waals surface area contributed by atoms with Gasteiger partial charge in [-0.3, -0.25) is 62.3 Å². The van der Waals surface area contributed by atoms with Crippen molar-refractivity contribution in [2.75, 3.05) is 83.1 Å². The van der Waals surface area contributed by atoms with Crippen molar-refractivity contribution in [2.24, 2.45) is 53.3 Å². The molecule has 6 N–H and O–H groups in total. The van der Waals surface area contributed by atoms with Crippen molar-refractivity contribution in [3.8, 4) is 0 Å². The van der Waals surface area contributed by atoms with Crippen LogP contribution in [0.2, 0.25) is 0 Å². The summed E-state index contributed by atoms with van der Waals surface area (Å²) < 4.78 is 5.88. The second-order valence-electron chi connectivity index (χ2n) is 32.5. The third kappa shape index (κ3) is 25.9. The summed E-state index contributed by atoms with van der Waals surface area (Å²) >= 11 is 0. The van der Waals surface area contributed by atoms with Gasteiger partial charge in [0.25, 0.3) is 0 Å². The minimum atomic E-state index is -1.68. The highest BCUT2D eigenvalue weighted by molar-refractivity contribution is 6.00. The molecule has 0 radical (unpaired) electrons. The predicted octanol–water partition coefficient (Wildman–Crippen LogP) is 3.64. The topological polar surface area (TPSA) is 337 Å². The van der Waals surface area contributed by atoms with Gasteiger partial charge in [0.2, 0.25) is 76.8 Å². The van der Waals surface area contributed by atoms with Gasteiger partial charge in [0.15, 0.2) is 0 Å². The lowest BCUT2D eigenvalue weighted by Crippen LogP contribution is -2.62. The monoisotopic (exact) mass is 1460 g/mol. The lowest BCUT2D eigenvalue weighted by molar-refractivity contribution is -0.152. The van der Waals surface area contributed by atoms with E-state index in [9.17, 15) is 38.7 Å². The SMILES string of the molecule is CNC(=O)C1CCC(C[C@@H]2NC(=O)[C@H](CC(C)C)N(C)C(=O)[C@H](CC(C)C)N(C)C(=O)[C@H](CC(C)C)NC(=O)[C@H](CC(C)C)N(C)C(=O)C[C@@H](C(=O)N3CCCCC3)NC(=O)[C@H](CC(C)C)N(C)C(=O)CN(C)C(=O)[C@H](C(C)O)NC(=O)[C@H](C(C)C)N(C)C(=O)[C@H](CC(C)C)N(C)C2=O)CC1OC. The molecule has 1 saturated carbocycles. The number of likely N-dealkylation sites (tertiary alicyclic amines) is 1. The fourth-order valence-electron chi connectivity index (χ4n) is 14.6. The van der Waals surface area contributed by atoms with E-state index in [2.05, 4.69) is 26.6 Å². The minimum absolute atomic E-state index is 0.0206. The van der Waals surface area contributed by atoms with E-state index < -0.39 is 168 Å². The van der Waals surface area contributed by atoms with Gasteiger partial charge >= 0.3 is 0 Å². The third-order valence-corrected chi connectivity index (χ3v) is 20.5. The fraction of sp³-hybridized carbons (Fsp3) is 0.827. The smallest absolute Gasteiger partial charge is 0.248 e. The van der Waals surface area contributed by atoms with Gasteiger partial charge in [0, 0.05) is 76.6 Å². The number of hydrogen-bond acceptors (Lipinski definition) is 15. The highest BCUT2D eigenvalue weighted by atomic mass is 16.5. The van der Waals surface area contributed by atoms with E-state index in [1.54, 1.807) is 25.8 Å². The van der Waals surface area contributed by atoms with Gasteiger partial charge in [0.1, 0.15) is 60.4 Å². The molecular weight excluding hydrogens is 1320 g/mol. The number of piperidine rings is 1. The molecular formula is C75H133N13O15. The Labute approximate surface area is 615 Å². The van der Waals surface area contributed by atoms with Gasteiger partial charge in [-0.25, -0.2) is 0 Å². The first-order valence-corrected chi connectivity index (χ1v) is 37.7. The standard InChI is InChI=1S/C75H133N13O15/c1-42(2)32-52-70(97)85(21)58(36-46(9)10)73(100)84(20)57(35-45(7)8)68(95)78-53(38-50-28-29-51(65(92)76-16)60(39-50)103-24)71(98)86(22)59(37-47(11)12)74(101)87(23)64(48(13)14)69(96)80-63(49(15)89)75(102)81(17)41-62(91)83(19)56(34-44(5)6)67(94)79-54(72(99)88-30-26-25-27-31-88)40-61(90)82(18)55(33-43(3)4)66(93)77-52/h42-60,63-64,89H,25-41H2,1-24H3,(H,76,92)(H,77,93)(H,78,95)(H,79,94)(H,80,96)/t49?,50?,51?,52-,53-,54-,55-,56-,57-,58-,59-,60?,63-,64-/m0/s1. The average molecular weight is 1460 g/mol. The van der Waals surface area contributed by atoms with Crippen LogP contribution in [0.25, 0.3) is 0 Å². The Kier molecular flexibility index (Phi) is 36.5. The summed E-state index contributed by atoms with van der Waals surface area (Å²) in [5, 5.41) is 25.5. The zero-order valence-corrected chi connectivity index (χ0v) is 66.9. The molecule has 13 amide bonds. The number of nitrogens with one attached hydrogen (secondary N) is 5. The van der Waals surface area contributed by atoms with Gasteiger partial charge in [-0.05, 0) is 138 Å². The zero-order chi connectivity index (χ0) is 78.5. The summed E-state index contributed by atoms with van der Waals surface area (Å²) in [6.07, 6.45) is 1.29. The lowest BCUT2D eigenvalue weighted by atomic mass is 9.76. The largest absolute Gasteiger partial charge is 0.391 e. The molecule has 4 unspecified atom stereocenters. The van der Waals surface area contributed by atoms with E-state index in [0.29, 0.717) is 45.2 Å². The number of amides is 13. The van der Waals surface area contributed by atoms with Crippen LogP contribution < -0.4 is 26.6 Å². The number of rotatable bonds is 19. The van der Waals surface area contributed by atoms with Gasteiger partial charge in [-0.1, -0.05) is 96.9 Å². The van der Waals surface area contributed by atoms with E-state index in [4.69, 9.17) is 4.74 Å². The molecule has 103 heavy (non-hydrogen) atoms. The molecule has 0 aromatic carbocycles. The number of methoxy groups -OCH3 is 1. The Balaban J connectivity index is 2.44. The predicted molar refractivity (Wildman–Crippen MR) is 393 cm³/mol. The molecule has 0 aromatic rings. The van der Waals surface area contributed by atoms with Crippen molar-refractivity contribution in [1.29, 1.82) is 0 Å². The zero-order valence-electron chi connectivity index (χ0n) is 66.9. The summed E-state index contributed by atoms with van der Waals surface area (Å²) in [5.74, 6) is -11.3. The maximum Gasteiger partial charge on any atom is 0.248 e. The maximum absolute atomic E-state index is 15.7. The fourth-order valence-corrected chi connectivity index (χ4v) is 14.6. The van der Waals surface area contributed by atoms with Gasteiger partial charge in [-0.15, -0.1) is 0 Å². The normalized spacial score (nSPS) is 27.9. The van der Waals surface area contributed by atoms with Crippen LogP contribution in [0, 0.1) is 53.3 Å². The first kappa shape index (κ1) is 90.2. The maximum atomic E-state index is 15.7. The number of hydrogen-bond donors (Lipinski definition) is 6. The number of aliphatic hydroxyl groups excluding tert-OH is 1. The number of carbonyl (C=O) groups excluding carboxylic acids is 13. The third-order valence-electron chi connectivity index (χ3n) is 20.5. The average Bonchev–Trinajstić information content (AvgIpc) is 0.812. The van der Waals surface area contributed by atoms with Crippen LogP contribution in [0.1, 0.15) is 194 Å². The molecule has 28 heteroatoms. The van der Waals surface area contributed by atoms with Crippen LogP contribution in [0.4, 0.5) is 0 Å². The van der Waals surface area contributed by atoms with Crippen LogP contribution >= 0.6 is 0 Å². The van der Waals surface area contributed by atoms with Crippen molar-refractivity contribution in [2.45, 2.75) is 266 Å². The number of ether oxygens (including phenoxy) is 1. The molecule has 588 valence electrons. The molecule has 14 atom stereocenters. The molecule has 2 saturated heterocycles. The van der Waals surface area contributed by atoms with Crippen molar-refractivity contribution in [1.82, 2.24) is 65.8 Å². The molecule has 1 aliphatic carbocycles. The molecule has 3 aliphatic rings. The highest BCUT2D eigenvalue weighted by Gasteiger charge is 2.46. The van der Waals surface area contributed by atoms with Gasteiger partial charge < -0.3 is 75.6 Å². The van der Waals surface area contributed by atoms with E-state index in [-0.39, 0.29) is 92.3 Å². The quantitative estimate of drug-likeness (QED) is 0.108. The van der Waals surface area contributed by atoms with Crippen LogP contribution in [0.15, 0.2) is 0 Å². The van der Waals surface area contributed by atoms with Crippen molar-refractivity contribution in [3.05, 3.63) is 0 Å². The summed E-state index contributed by atoms with van der Waals surface area (Å²) in [6, 6.07) is -13.2. The first-order valence-electron chi connectivity index (χ1n) is 37.7. The van der Waals surface area contributed by atoms with Crippen LogP contribution in [0.5, 0.6) is 0 Å². The molecule has 0 bridgehead atoms. The molecule has 3 fully saturated rings. The highest BCUT2D eigenvalue weighted by Crippen LogP contribution is 2.35. The Hall–Kier alpha value is -6.97. The molecule has 0 aromatic heterocycles. The van der Waals surface area contributed by atoms with Gasteiger partial charge in [-0.2, -0.15) is 0 Å². The summed E-state index contributed by atoms with van der Waals surface area (Å²) in [6.45, 7) is 27.1. The number of carbonyl (C=O) groups is 13. The lowest BCUT2D eigenvalue weighted by Gasteiger charge is -2.40.